The molecular formula is C14H20N2O3S2. The lowest BCUT2D eigenvalue weighted by molar-refractivity contribution is -0.126. The molecule has 0 saturated heterocycles. The molecule has 2 saturated carbocycles. The van der Waals surface area contributed by atoms with Crippen LogP contribution in [0, 0.1) is 17.8 Å². The summed E-state index contributed by atoms with van der Waals surface area (Å²) in [5, 5.41) is 2.96. The summed E-state index contributed by atoms with van der Waals surface area (Å²) in [4.78, 5) is 13.1. The minimum atomic E-state index is -3.38. The van der Waals surface area contributed by atoms with E-state index in [4.69, 9.17) is 0 Å². The van der Waals surface area contributed by atoms with E-state index < -0.39 is 10.0 Å². The summed E-state index contributed by atoms with van der Waals surface area (Å²) in [7, 11) is -1.99. The third kappa shape index (κ3) is 3.00. The third-order valence-corrected chi connectivity index (χ3v) is 7.67. The Hall–Kier alpha value is -0.920. The SMILES string of the molecule is CNS(=O)(=O)c1ccc(CNC(=O)C2CC3CCC2C3)s1. The molecule has 2 bridgehead atoms. The van der Waals surface area contributed by atoms with Crippen molar-refractivity contribution < 1.29 is 13.2 Å². The quantitative estimate of drug-likeness (QED) is 0.864. The number of amides is 1. The van der Waals surface area contributed by atoms with Crippen molar-refractivity contribution in [1.29, 1.82) is 0 Å². The average molecular weight is 328 g/mol. The van der Waals surface area contributed by atoms with Gasteiger partial charge < -0.3 is 5.32 Å². The Kier molecular flexibility index (Phi) is 4.07. The van der Waals surface area contributed by atoms with E-state index in [-0.39, 0.29) is 16.0 Å². The van der Waals surface area contributed by atoms with Gasteiger partial charge in [-0.1, -0.05) is 6.42 Å². The van der Waals surface area contributed by atoms with Crippen LogP contribution in [0.5, 0.6) is 0 Å². The maximum Gasteiger partial charge on any atom is 0.249 e. The van der Waals surface area contributed by atoms with Gasteiger partial charge in [0.15, 0.2) is 0 Å². The van der Waals surface area contributed by atoms with Gasteiger partial charge in [-0.05, 0) is 50.3 Å². The maximum absolute atomic E-state index is 12.2. The van der Waals surface area contributed by atoms with Crippen molar-refractivity contribution in [3.05, 3.63) is 17.0 Å². The number of sulfonamides is 1. The fourth-order valence-electron chi connectivity index (χ4n) is 3.57. The smallest absolute Gasteiger partial charge is 0.249 e. The summed E-state index contributed by atoms with van der Waals surface area (Å²) in [6, 6.07) is 3.34. The van der Waals surface area contributed by atoms with Crippen molar-refractivity contribution in [2.45, 2.75) is 36.4 Å². The molecule has 1 aromatic heterocycles. The van der Waals surface area contributed by atoms with Gasteiger partial charge in [0, 0.05) is 10.8 Å². The summed E-state index contributed by atoms with van der Waals surface area (Å²) in [6.07, 6.45) is 4.71. The second kappa shape index (κ2) is 5.70. The molecule has 3 rings (SSSR count). The van der Waals surface area contributed by atoms with Crippen LogP contribution in [0.1, 0.15) is 30.6 Å². The van der Waals surface area contributed by atoms with Crippen LogP contribution in [0.2, 0.25) is 0 Å². The first-order chi connectivity index (χ1) is 9.99. The molecule has 0 aliphatic heterocycles. The van der Waals surface area contributed by atoms with E-state index in [1.807, 2.05) is 0 Å². The van der Waals surface area contributed by atoms with Gasteiger partial charge in [0.25, 0.3) is 0 Å². The monoisotopic (exact) mass is 328 g/mol. The molecule has 0 radical (unpaired) electrons. The van der Waals surface area contributed by atoms with Crippen LogP contribution in [-0.4, -0.2) is 21.4 Å². The number of rotatable bonds is 5. The van der Waals surface area contributed by atoms with E-state index in [1.54, 1.807) is 12.1 Å². The van der Waals surface area contributed by atoms with Crippen molar-refractivity contribution in [3.8, 4) is 0 Å². The van der Waals surface area contributed by atoms with E-state index in [0.29, 0.717) is 12.5 Å². The highest BCUT2D eigenvalue weighted by Crippen LogP contribution is 2.48. The van der Waals surface area contributed by atoms with Crippen molar-refractivity contribution in [2.75, 3.05) is 7.05 Å². The second-order valence-corrected chi connectivity index (χ2v) is 9.21. The minimum Gasteiger partial charge on any atom is -0.351 e. The predicted molar refractivity (Wildman–Crippen MR) is 81.3 cm³/mol. The van der Waals surface area contributed by atoms with Crippen LogP contribution in [0.25, 0.3) is 0 Å². The lowest BCUT2D eigenvalue weighted by Crippen LogP contribution is -2.33. The van der Waals surface area contributed by atoms with Crippen LogP contribution in [0.15, 0.2) is 16.3 Å². The van der Waals surface area contributed by atoms with E-state index >= 15 is 0 Å². The first kappa shape index (κ1) is 15.0. The van der Waals surface area contributed by atoms with Gasteiger partial charge in [-0.15, -0.1) is 11.3 Å². The summed E-state index contributed by atoms with van der Waals surface area (Å²) < 4.78 is 25.9. The molecule has 0 spiro atoms. The average Bonchev–Trinajstić information content (AvgIpc) is 3.20. The molecule has 1 aromatic rings. The molecule has 5 nitrogen and oxygen atoms in total. The van der Waals surface area contributed by atoms with E-state index in [1.165, 1.54) is 37.6 Å². The zero-order valence-electron chi connectivity index (χ0n) is 12.0. The lowest BCUT2D eigenvalue weighted by Gasteiger charge is -2.20. The Bertz CT molecular complexity index is 638. The Morgan fingerprint density at radius 2 is 2.14 bits per heavy atom. The third-order valence-electron chi connectivity index (χ3n) is 4.68. The molecule has 2 N–H and O–H groups in total. The van der Waals surface area contributed by atoms with Crippen molar-refractivity contribution >= 4 is 27.3 Å². The van der Waals surface area contributed by atoms with Crippen molar-refractivity contribution in [1.82, 2.24) is 10.0 Å². The van der Waals surface area contributed by atoms with E-state index in [9.17, 15) is 13.2 Å². The first-order valence-electron chi connectivity index (χ1n) is 7.29. The molecule has 2 fully saturated rings. The number of carbonyl (C=O) groups is 1. The Balaban J connectivity index is 1.57. The molecule has 2 aliphatic carbocycles. The summed E-state index contributed by atoms with van der Waals surface area (Å²) in [6.45, 7) is 0.413. The number of nitrogens with one attached hydrogen (secondary N) is 2. The standard InChI is InChI=1S/C14H20N2O3S2/c1-15-21(18,19)13-5-4-11(20-13)8-16-14(17)12-7-9-2-3-10(12)6-9/h4-5,9-10,12,15H,2-3,6-8H2,1H3,(H,16,17). The number of hydrogen-bond acceptors (Lipinski definition) is 4. The maximum atomic E-state index is 12.2. The Labute approximate surface area is 129 Å². The molecule has 116 valence electrons. The summed E-state index contributed by atoms with van der Waals surface area (Å²) in [5.41, 5.74) is 0. The highest BCUT2D eigenvalue weighted by molar-refractivity contribution is 7.91. The normalized spacial score (nSPS) is 28.0. The lowest BCUT2D eigenvalue weighted by atomic mass is 9.88. The molecule has 21 heavy (non-hydrogen) atoms. The summed E-state index contributed by atoms with van der Waals surface area (Å²) >= 11 is 1.20. The molecule has 0 aromatic carbocycles. The van der Waals surface area contributed by atoms with Gasteiger partial charge in [-0.2, -0.15) is 0 Å². The van der Waals surface area contributed by atoms with Gasteiger partial charge >= 0.3 is 0 Å². The second-order valence-electron chi connectivity index (χ2n) is 5.93. The Morgan fingerprint density at radius 3 is 2.76 bits per heavy atom. The molecule has 7 heteroatoms. The molecule has 3 atom stereocenters. The van der Waals surface area contributed by atoms with Crippen LogP contribution < -0.4 is 10.0 Å². The zero-order valence-corrected chi connectivity index (χ0v) is 13.6. The van der Waals surface area contributed by atoms with Gasteiger partial charge in [0.2, 0.25) is 15.9 Å². The molecular weight excluding hydrogens is 308 g/mol. The largest absolute Gasteiger partial charge is 0.351 e. The molecule has 3 unspecified atom stereocenters. The minimum absolute atomic E-state index is 0.133. The van der Waals surface area contributed by atoms with Gasteiger partial charge in [-0.3, -0.25) is 4.79 Å². The molecule has 1 heterocycles. The van der Waals surface area contributed by atoms with E-state index in [0.717, 1.165) is 17.2 Å². The van der Waals surface area contributed by atoms with E-state index in [2.05, 4.69) is 10.0 Å². The highest BCUT2D eigenvalue weighted by atomic mass is 32.2. The van der Waals surface area contributed by atoms with Gasteiger partial charge in [-0.25, -0.2) is 13.1 Å². The molecule has 1 amide bonds. The first-order valence-corrected chi connectivity index (χ1v) is 9.59. The number of thiophene rings is 1. The number of carbonyl (C=O) groups excluding carboxylic acids is 1. The fraction of sp³-hybridized carbons (Fsp3) is 0.643. The van der Waals surface area contributed by atoms with Crippen LogP contribution in [0.3, 0.4) is 0 Å². The van der Waals surface area contributed by atoms with Crippen LogP contribution >= 0.6 is 11.3 Å². The van der Waals surface area contributed by atoms with Gasteiger partial charge in [0.1, 0.15) is 4.21 Å². The van der Waals surface area contributed by atoms with Crippen LogP contribution in [-0.2, 0) is 21.4 Å². The predicted octanol–water partition coefficient (Wildman–Crippen LogP) is 1.71. The zero-order chi connectivity index (χ0) is 15.0. The topological polar surface area (TPSA) is 75.3 Å². The number of fused-ring (bicyclic) bond motifs is 2. The van der Waals surface area contributed by atoms with Crippen molar-refractivity contribution in [2.24, 2.45) is 17.8 Å². The number of hydrogen-bond donors (Lipinski definition) is 2. The van der Waals surface area contributed by atoms with Crippen LogP contribution in [0.4, 0.5) is 0 Å². The fourth-order valence-corrected chi connectivity index (χ4v) is 5.70. The van der Waals surface area contributed by atoms with Gasteiger partial charge in [0.05, 0.1) is 6.54 Å². The molecule has 2 aliphatic rings. The summed E-state index contributed by atoms with van der Waals surface area (Å²) in [5.74, 6) is 1.62. The van der Waals surface area contributed by atoms with Crippen molar-refractivity contribution in [3.63, 3.8) is 0 Å². The Morgan fingerprint density at radius 1 is 1.33 bits per heavy atom. The highest BCUT2D eigenvalue weighted by Gasteiger charge is 2.42.